The van der Waals surface area contributed by atoms with Crippen LogP contribution in [0.4, 0.5) is 0 Å². The van der Waals surface area contributed by atoms with Crippen molar-refractivity contribution in [3.63, 3.8) is 0 Å². The lowest BCUT2D eigenvalue weighted by molar-refractivity contribution is -0.0248. The van der Waals surface area contributed by atoms with Gasteiger partial charge in [0.1, 0.15) is 11.4 Å². The number of rotatable bonds is 2. The van der Waals surface area contributed by atoms with Gasteiger partial charge < -0.3 is 9.84 Å². The fraction of sp³-hybridized carbons (Fsp3) is 0.600. The molecule has 0 saturated heterocycles. The molecule has 2 nitrogen and oxygen atoms in total. The molecule has 0 aromatic heterocycles. The summed E-state index contributed by atoms with van der Waals surface area (Å²) >= 11 is 3.44. The van der Waals surface area contributed by atoms with Crippen LogP contribution in [0.2, 0.25) is 0 Å². The lowest BCUT2D eigenvalue weighted by Gasteiger charge is -2.42. The van der Waals surface area contributed by atoms with E-state index in [0.29, 0.717) is 6.42 Å². The van der Waals surface area contributed by atoms with Crippen LogP contribution in [0.5, 0.6) is 5.75 Å². The van der Waals surface area contributed by atoms with Gasteiger partial charge in [-0.25, -0.2) is 0 Å². The van der Waals surface area contributed by atoms with Gasteiger partial charge in [-0.05, 0) is 37.5 Å². The summed E-state index contributed by atoms with van der Waals surface area (Å²) in [5.74, 6) is 1.64. The van der Waals surface area contributed by atoms with Crippen molar-refractivity contribution in [2.24, 2.45) is 5.92 Å². The van der Waals surface area contributed by atoms with Crippen molar-refractivity contribution in [2.75, 3.05) is 0 Å². The highest BCUT2D eigenvalue weighted by molar-refractivity contribution is 9.10. The maximum Gasteiger partial charge on any atom is 0.126 e. The smallest absolute Gasteiger partial charge is 0.126 e. The summed E-state index contributed by atoms with van der Waals surface area (Å²) in [5.41, 5.74) is 0.709. The van der Waals surface area contributed by atoms with Crippen LogP contribution in [-0.2, 0) is 0 Å². The van der Waals surface area contributed by atoms with Gasteiger partial charge in [0.05, 0.1) is 6.10 Å². The maximum absolute atomic E-state index is 10.3. The van der Waals surface area contributed by atoms with Crippen molar-refractivity contribution in [3.8, 4) is 5.75 Å². The number of aliphatic hydroxyl groups is 1. The summed E-state index contributed by atoms with van der Waals surface area (Å²) in [6, 6.07) is 5.89. The third-order valence-corrected chi connectivity index (χ3v) is 4.75. The van der Waals surface area contributed by atoms with Gasteiger partial charge in [0.15, 0.2) is 0 Å². The number of benzene rings is 1. The Hall–Kier alpha value is -0.540. The molecule has 1 heterocycles. The number of ether oxygens (including phenoxy) is 1. The second-order valence-electron chi connectivity index (χ2n) is 5.96. The first kappa shape index (κ1) is 12.5. The molecule has 3 rings (SSSR count). The van der Waals surface area contributed by atoms with Crippen LogP contribution in [0.15, 0.2) is 22.7 Å². The molecule has 2 aliphatic rings. The molecule has 0 bridgehead atoms. The maximum atomic E-state index is 10.3. The van der Waals surface area contributed by atoms with Crippen LogP contribution >= 0.6 is 15.9 Å². The zero-order valence-electron chi connectivity index (χ0n) is 10.7. The summed E-state index contributed by atoms with van der Waals surface area (Å²) in [6.45, 7) is 2.14. The molecule has 1 saturated carbocycles. The van der Waals surface area contributed by atoms with Gasteiger partial charge in [-0.2, -0.15) is 0 Å². The molecule has 0 spiro atoms. The van der Waals surface area contributed by atoms with E-state index in [0.717, 1.165) is 28.1 Å². The predicted octanol–water partition coefficient (Wildman–Crippen LogP) is 4.21. The summed E-state index contributed by atoms with van der Waals surface area (Å²) in [6.07, 6.45) is 5.36. The first-order valence-electron chi connectivity index (χ1n) is 6.72. The summed E-state index contributed by atoms with van der Waals surface area (Å²) in [5, 5.41) is 10.3. The Morgan fingerprint density at radius 3 is 2.89 bits per heavy atom. The van der Waals surface area contributed by atoms with E-state index in [2.05, 4.69) is 22.9 Å². The number of hydrogen-bond acceptors (Lipinski definition) is 2. The predicted molar refractivity (Wildman–Crippen MR) is 74.7 cm³/mol. The average molecular weight is 311 g/mol. The largest absolute Gasteiger partial charge is 0.487 e. The van der Waals surface area contributed by atoms with Crippen molar-refractivity contribution in [2.45, 2.75) is 50.7 Å². The fourth-order valence-corrected chi connectivity index (χ4v) is 3.51. The van der Waals surface area contributed by atoms with Crippen LogP contribution in [0, 0.1) is 5.92 Å². The van der Waals surface area contributed by atoms with Gasteiger partial charge in [0.2, 0.25) is 0 Å². The van der Waals surface area contributed by atoms with Crippen molar-refractivity contribution in [1.82, 2.24) is 0 Å². The molecule has 2 atom stereocenters. The Kier molecular flexibility index (Phi) is 3.15. The Labute approximate surface area is 116 Å². The minimum Gasteiger partial charge on any atom is -0.487 e. The van der Waals surface area contributed by atoms with Crippen LogP contribution in [0.1, 0.15) is 50.7 Å². The minimum absolute atomic E-state index is 0.203. The van der Waals surface area contributed by atoms with E-state index in [-0.39, 0.29) is 5.60 Å². The van der Waals surface area contributed by atoms with Crippen LogP contribution in [0.3, 0.4) is 0 Å². The normalized spacial score (nSPS) is 31.4. The zero-order chi connectivity index (χ0) is 12.8. The molecular weight excluding hydrogens is 292 g/mol. The number of halogens is 1. The first-order valence-corrected chi connectivity index (χ1v) is 7.52. The van der Waals surface area contributed by atoms with E-state index < -0.39 is 6.10 Å². The zero-order valence-corrected chi connectivity index (χ0v) is 12.2. The third-order valence-electron chi connectivity index (χ3n) is 4.26. The average Bonchev–Trinajstić information content (AvgIpc) is 2.25. The van der Waals surface area contributed by atoms with E-state index in [4.69, 9.17) is 4.74 Å². The summed E-state index contributed by atoms with van der Waals surface area (Å²) < 4.78 is 7.16. The van der Waals surface area contributed by atoms with E-state index in [1.807, 2.05) is 18.2 Å². The summed E-state index contributed by atoms with van der Waals surface area (Å²) in [7, 11) is 0. The van der Waals surface area contributed by atoms with Gasteiger partial charge in [0.25, 0.3) is 0 Å². The quantitative estimate of drug-likeness (QED) is 0.886. The Morgan fingerprint density at radius 2 is 2.22 bits per heavy atom. The van der Waals surface area contributed by atoms with Crippen molar-refractivity contribution in [1.29, 1.82) is 0 Å². The van der Waals surface area contributed by atoms with Crippen LogP contribution in [-0.4, -0.2) is 10.7 Å². The molecule has 1 unspecified atom stereocenters. The highest BCUT2D eigenvalue weighted by Gasteiger charge is 2.39. The van der Waals surface area contributed by atoms with Gasteiger partial charge in [-0.15, -0.1) is 0 Å². The topological polar surface area (TPSA) is 29.5 Å². The second-order valence-corrected chi connectivity index (χ2v) is 6.87. The van der Waals surface area contributed by atoms with Crippen molar-refractivity contribution in [3.05, 3.63) is 28.2 Å². The molecule has 0 radical (unpaired) electrons. The molecule has 1 aliphatic heterocycles. The molecule has 1 aromatic carbocycles. The molecule has 1 aromatic rings. The van der Waals surface area contributed by atoms with Gasteiger partial charge in [-0.3, -0.25) is 0 Å². The molecule has 0 amide bonds. The highest BCUT2D eigenvalue weighted by atomic mass is 79.9. The monoisotopic (exact) mass is 310 g/mol. The Bertz CT molecular complexity index is 456. The molecule has 98 valence electrons. The van der Waals surface area contributed by atoms with E-state index in [9.17, 15) is 5.11 Å². The summed E-state index contributed by atoms with van der Waals surface area (Å²) in [4.78, 5) is 0. The first-order chi connectivity index (χ1) is 8.56. The fourth-order valence-electron chi connectivity index (χ4n) is 3.13. The molecule has 1 N–H and O–H groups in total. The standard InChI is InChI=1S/C15H19BrO2/c1-15(8-10-3-2-4-10)9-13(17)12-7-11(16)5-6-14(12)18-15/h5-7,10,13,17H,2-4,8-9H2,1H3/t13-,15?/m0/s1. The lowest BCUT2D eigenvalue weighted by atomic mass is 9.75. The van der Waals surface area contributed by atoms with Gasteiger partial charge in [0, 0.05) is 16.5 Å². The second kappa shape index (κ2) is 4.53. The number of aliphatic hydroxyl groups excluding tert-OH is 1. The van der Waals surface area contributed by atoms with E-state index in [1.54, 1.807) is 0 Å². The molecule has 1 fully saturated rings. The van der Waals surface area contributed by atoms with Crippen LogP contribution in [0.25, 0.3) is 0 Å². The van der Waals surface area contributed by atoms with Gasteiger partial charge in [-0.1, -0.05) is 35.2 Å². The molecule has 3 heteroatoms. The highest BCUT2D eigenvalue weighted by Crippen LogP contribution is 2.45. The van der Waals surface area contributed by atoms with Crippen molar-refractivity contribution >= 4 is 15.9 Å². The van der Waals surface area contributed by atoms with E-state index in [1.165, 1.54) is 19.3 Å². The third kappa shape index (κ3) is 2.30. The Morgan fingerprint density at radius 1 is 1.44 bits per heavy atom. The molecule has 18 heavy (non-hydrogen) atoms. The number of fused-ring (bicyclic) bond motifs is 1. The molecule has 1 aliphatic carbocycles. The van der Waals surface area contributed by atoms with Gasteiger partial charge >= 0.3 is 0 Å². The van der Waals surface area contributed by atoms with E-state index >= 15 is 0 Å². The lowest BCUT2D eigenvalue weighted by Crippen LogP contribution is -2.41. The number of hydrogen-bond donors (Lipinski definition) is 1. The van der Waals surface area contributed by atoms with Crippen LogP contribution < -0.4 is 4.74 Å². The Balaban J connectivity index is 1.83. The molecular formula is C15H19BrO2. The minimum atomic E-state index is -0.406. The SMILES string of the molecule is CC1(CC2CCC2)C[C@H](O)c2cc(Br)ccc2O1. The van der Waals surface area contributed by atoms with Crippen molar-refractivity contribution < 1.29 is 9.84 Å².